The third-order valence-corrected chi connectivity index (χ3v) is 7.84. The van der Waals surface area contributed by atoms with Gasteiger partial charge in [-0.2, -0.15) is 5.06 Å². The first-order chi connectivity index (χ1) is 14.5. The van der Waals surface area contributed by atoms with Gasteiger partial charge in [0.1, 0.15) is 0 Å². The van der Waals surface area contributed by atoms with Crippen molar-refractivity contribution in [2.45, 2.75) is 37.1 Å². The molecule has 2 aliphatic carbocycles. The predicted molar refractivity (Wildman–Crippen MR) is 106 cm³/mol. The van der Waals surface area contributed by atoms with E-state index in [1.165, 1.54) is 7.11 Å². The molecule has 158 valence electrons. The average Bonchev–Trinajstić information content (AvgIpc) is 3.26. The Bertz CT molecular complexity index is 1030. The summed E-state index contributed by atoms with van der Waals surface area (Å²) in [5, 5.41) is 13.0. The first kappa shape index (κ1) is 18.4. The molecule has 8 unspecified atom stereocenters. The zero-order valence-corrected chi connectivity index (χ0v) is 17.3. The van der Waals surface area contributed by atoms with E-state index >= 15 is 0 Å². The third kappa shape index (κ3) is 1.76. The molecule has 7 rings (SSSR count). The van der Waals surface area contributed by atoms with Gasteiger partial charge in [-0.1, -0.05) is 11.6 Å². The number of carbonyl (C=O) groups excluding carboxylic acids is 1. The molecule has 8 atom stereocenters. The second kappa shape index (κ2) is 5.84. The van der Waals surface area contributed by atoms with E-state index in [0.29, 0.717) is 17.9 Å². The van der Waals surface area contributed by atoms with E-state index < -0.39 is 17.6 Å². The highest BCUT2D eigenvalue weighted by Crippen LogP contribution is 2.70. The number of aliphatic hydroxyl groups excluding tert-OH is 1. The molecular weight excluding hydrogens is 388 g/mol. The standard InChI is InChI=1S/C22H24N2O6/c1-5-9-10-6-13-19-22(16(10)20(25)29-4,17-18(9)24(13)30-21(17)26)11-7-14(27-2)15(28-3)8-12(11)23-19/h5,7-8,10,13,16-18,21,26H,6H2,1-4H3. The van der Waals surface area contributed by atoms with Crippen molar-refractivity contribution in [3.8, 4) is 11.5 Å². The minimum Gasteiger partial charge on any atom is -0.493 e. The maximum Gasteiger partial charge on any atom is 0.310 e. The Morgan fingerprint density at radius 1 is 1.30 bits per heavy atom. The summed E-state index contributed by atoms with van der Waals surface area (Å²) in [6, 6.07) is 3.59. The summed E-state index contributed by atoms with van der Waals surface area (Å²) < 4.78 is 16.4. The Labute approximate surface area is 174 Å². The second-order valence-electron chi connectivity index (χ2n) is 8.56. The monoisotopic (exact) mass is 412 g/mol. The van der Waals surface area contributed by atoms with Gasteiger partial charge in [-0.05, 0) is 30.9 Å². The van der Waals surface area contributed by atoms with Gasteiger partial charge in [0.15, 0.2) is 17.8 Å². The summed E-state index contributed by atoms with van der Waals surface area (Å²) in [7, 11) is 4.60. The molecule has 1 spiro atoms. The number of aliphatic imine (C=N–C) groups is 1. The molecule has 4 aliphatic heterocycles. The van der Waals surface area contributed by atoms with Crippen molar-refractivity contribution in [2.75, 3.05) is 21.3 Å². The molecule has 0 amide bonds. The van der Waals surface area contributed by atoms with Crippen molar-refractivity contribution in [2.24, 2.45) is 22.7 Å². The van der Waals surface area contributed by atoms with Gasteiger partial charge in [-0.3, -0.25) is 14.6 Å². The molecule has 1 aromatic carbocycles. The number of esters is 1. The highest BCUT2D eigenvalue weighted by Gasteiger charge is 2.78. The molecule has 0 aromatic heterocycles. The van der Waals surface area contributed by atoms with Crippen molar-refractivity contribution in [1.29, 1.82) is 0 Å². The number of fused-ring (bicyclic) bond motifs is 1. The normalized spacial score (nSPS) is 42.8. The molecule has 3 saturated heterocycles. The fraction of sp³-hybridized carbons (Fsp3) is 0.545. The molecule has 1 aromatic rings. The van der Waals surface area contributed by atoms with Gasteiger partial charge in [0, 0.05) is 12.0 Å². The maximum atomic E-state index is 13.3. The molecule has 4 heterocycles. The highest BCUT2D eigenvalue weighted by atomic mass is 16.8. The Balaban J connectivity index is 1.69. The van der Waals surface area contributed by atoms with Gasteiger partial charge in [0.25, 0.3) is 0 Å². The van der Waals surface area contributed by atoms with Crippen molar-refractivity contribution in [3.63, 3.8) is 0 Å². The van der Waals surface area contributed by atoms with Crippen molar-refractivity contribution >= 4 is 17.4 Å². The zero-order chi connectivity index (χ0) is 20.9. The lowest BCUT2D eigenvalue weighted by Crippen LogP contribution is -2.75. The van der Waals surface area contributed by atoms with Crippen LogP contribution in [-0.2, 0) is 19.8 Å². The highest BCUT2D eigenvalue weighted by molar-refractivity contribution is 6.11. The molecule has 1 N–H and O–H groups in total. The molecular formula is C22H24N2O6. The smallest absolute Gasteiger partial charge is 0.310 e. The van der Waals surface area contributed by atoms with E-state index in [1.54, 1.807) is 14.2 Å². The maximum absolute atomic E-state index is 13.3. The Hall–Kier alpha value is -2.42. The minimum absolute atomic E-state index is 0.0110. The number of benzene rings is 1. The number of nitrogens with zero attached hydrogens (tertiary/aromatic N) is 2. The second-order valence-corrected chi connectivity index (χ2v) is 8.56. The molecule has 6 bridgehead atoms. The number of piperidine rings is 2. The van der Waals surface area contributed by atoms with E-state index in [2.05, 4.69) is 6.08 Å². The molecule has 30 heavy (non-hydrogen) atoms. The zero-order valence-electron chi connectivity index (χ0n) is 17.3. The molecule has 5 fully saturated rings. The number of ether oxygens (including phenoxy) is 3. The molecule has 8 nitrogen and oxygen atoms in total. The lowest BCUT2D eigenvalue weighted by Gasteiger charge is -2.63. The van der Waals surface area contributed by atoms with Crippen molar-refractivity contribution < 1.29 is 28.9 Å². The van der Waals surface area contributed by atoms with Crippen LogP contribution in [0.25, 0.3) is 0 Å². The summed E-state index contributed by atoms with van der Waals surface area (Å²) >= 11 is 0. The molecule has 8 heteroatoms. The van der Waals surface area contributed by atoms with Crippen LogP contribution in [0, 0.1) is 17.8 Å². The van der Waals surface area contributed by atoms with Crippen LogP contribution in [-0.4, -0.2) is 61.6 Å². The summed E-state index contributed by atoms with van der Waals surface area (Å²) in [4.78, 5) is 24.2. The average molecular weight is 412 g/mol. The van der Waals surface area contributed by atoms with E-state index in [-0.39, 0.29) is 29.9 Å². The van der Waals surface area contributed by atoms with Crippen LogP contribution >= 0.6 is 0 Å². The van der Waals surface area contributed by atoms with E-state index in [4.69, 9.17) is 24.0 Å². The SMILES string of the molecule is CC=C1C2CC3C4=Nc5cc(OC)c(OC)cc5C4(C2C(=O)OC)C2C(O)ON3C12. The van der Waals surface area contributed by atoms with Crippen LogP contribution in [0.3, 0.4) is 0 Å². The third-order valence-electron chi connectivity index (χ3n) is 7.84. The van der Waals surface area contributed by atoms with Gasteiger partial charge < -0.3 is 19.3 Å². The van der Waals surface area contributed by atoms with Gasteiger partial charge in [-0.25, -0.2) is 0 Å². The van der Waals surface area contributed by atoms with Gasteiger partial charge in [0.2, 0.25) is 0 Å². The van der Waals surface area contributed by atoms with Gasteiger partial charge >= 0.3 is 5.97 Å². The van der Waals surface area contributed by atoms with Crippen LogP contribution in [0.15, 0.2) is 28.8 Å². The first-order valence-electron chi connectivity index (χ1n) is 10.3. The summed E-state index contributed by atoms with van der Waals surface area (Å²) in [6.07, 6.45) is 1.74. The largest absolute Gasteiger partial charge is 0.493 e. The fourth-order valence-corrected chi connectivity index (χ4v) is 6.99. The quantitative estimate of drug-likeness (QED) is 0.597. The Kier molecular flexibility index (Phi) is 3.57. The lowest BCUT2D eigenvalue weighted by molar-refractivity contribution is -0.234. The number of allylic oxidation sites excluding steroid dienone is 1. The fourth-order valence-electron chi connectivity index (χ4n) is 6.99. The summed E-state index contributed by atoms with van der Waals surface area (Å²) in [6.45, 7) is 1.99. The van der Waals surface area contributed by atoms with E-state index in [9.17, 15) is 9.90 Å². The summed E-state index contributed by atoms with van der Waals surface area (Å²) in [5.74, 6) is 0.0439. The molecule has 2 saturated carbocycles. The Morgan fingerprint density at radius 3 is 2.70 bits per heavy atom. The summed E-state index contributed by atoms with van der Waals surface area (Å²) in [5.41, 5.74) is 2.87. The number of rotatable bonds is 3. The predicted octanol–water partition coefficient (Wildman–Crippen LogP) is 1.73. The molecule has 6 aliphatic rings. The van der Waals surface area contributed by atoms with Crippen molar-refractivity contribution in [3.05, 3.63) is 29.3 Å². The number of carbonyl (C=O) groups is 1. The number of hydrogen-bond acceptors (Lipinski definition) is 8. The topological polar surface area (TPSA) is 89.8 Å². The van der Waals surface area contributed by atoms with Crippen LogP contribution in [0.2, 0.25) is 0 Å². The van der Waals surface area contributed by atoms with Crippen LogP contribution in [0.5, 0.6) is 11.5 Å². The Morgan fingerprint density at radius 2 is 2.03 bits per heavy atom. The van der Waals surface area contributed by atoms with Crippen molar-refractivity contribution in [1.82, 2.24) is 5.06 Å². The number of methoxy groups -OCH3 is 3. The molecule has 0 radical (unpaired) electrons. The number of aliphatic hydroxyl groups is 1. The van der Waals surface area contributed by atoms with E-state index in [1.807, 2.05) is 24.1 Å². The van der Waals surface area contributed by atoms with Crippen LogP contribution in [0.4, 0.5) is 5.69 Å². The van der Waals surface area contributed by atoms with E-state index in [0.717, 1.165) is 22.5 Å². The first-order valence-corrected chi connectivity index (χ1v) is 10.3. The lowest BCUT2D eigenvalue weighted by atomic mass is 9.42. The van der Waals surface area contributed by atoms with Gasteiger partial charge in [0.05, 0.1) is 56.1 Å². The van der Waals surface area contributed by atoms with Gasteiger partial charge in [-0.15, -0.1) is 0 Å². The van der Waals surface area contributed by atoms with Crippen LogP contribution in [0.1, 0.15) is 18.9 Å². The minimum atomic E-state index is -1.04. The number of hydroxylamine groups is 2. The van der Waals surface area contributed by atoms with Crippen LogP contribution < -0.4 is 9.47 Å². The number of hydrogen-bond donors (Lipinski definition) is 1.